The van der Waals surface area contributed by atoms with E-state index in [1.165, 1.54) is 6.07 Å². The first-order valence-electron chi connectivity index (χ1n) is 5.56. The minimum Gasteiger partial charge on any atom is -0.439 e. The van der Waals surface area contributed by atoms with Crippen molar-refractivity contribution in [2.75, 3.05) is 5.43 Å². The van der Waals surface area contributed by atoms with Gasteiger partial charge in [0.05, 0.1) is 0 Å². The van der Waals surface area contributed by atoms with Gasteiger partial charge in [0.25, 0.3) is 0 Å². The first-order chi connectivity index (χ1) is 9.40. The van der Waals surface area contributed by atoms with Crippen LogP contribution in [0.3, 0.4) is 0 Å². The van der Waals surface area contributed by atoms with Crippen LogP contribution >= 0.6 is 0 Å². The van der Waals surface area contributed by atoms with E-state index in [0.29, 0.717) is 5.75 Å². The number of alkyl halides is 3. The third-order valence-corrected chi connectivity index (χ3v) is 2.41. The van der Waals surface area contributed by atoms with Crippen LogP contribution in [0.15, 0.2) is 30.3 Å². The molecule has 2 aromatic rings. The van der Waals surface area contributed by atoms with E-state index in [-0.39, 0.29) is 11.7 Å². The summed E-state index contributed by atoms with van der Waals surface area (Å²) < 4.78 is 43.3. The largest absolute Gasteiger partial charge is 0.451 e. The minimum absolute atomic E-state index is 0.184. The van der Waals surface area contributed by atoms with Crippen molar-refractivity contribution in [1.82, 2.24) is 9.97 Å². The molecule has 0 fully saturated rings. The molecule has 1 aromatic heterocycles. The number of nitrogens with two attached hydrogens (primary N) is 1. The van der Waals surface area contributed by atoms with Gasteiger partial charge in [-0.2, -0.15) is 18.2 Å². The van der Waals surface area contributed by atoms with Crippen molar-refractivity contribution >= 4 is 5.82 Å². The van der Waals surface area contributed by atoms with Crippen LogP contribution in [-0.2, 0) is 6.18 Å². The number of hydrogen-bond acceptors (Lipinski definition) is 5. The molecule has 0 aliphatic rings. The molecule has 0 atom stereocenters. The zero-order valence-corrected chi connectivity index (χ0v) is 10.4. The van der Waals surface area contributed by atoms with Crippen LogP contribution < -0.4 is 16.0 Å². The second-order valence-electron chi connectivity index (χ2n) is 3.92. The predicted octanol–water partition coefficient (Wildman–Crippen LogP) is 2.88. The van der Waals surface area contributed by atoms with E-state index in [2.05, 4.69) is 9.97 Å². The van der Waals surface area contributed by atoms with Crippen LogP contribution in [0, 0.1) is 6.92 Å². The fourth-order valence-corrected chi connectivity index (χ4v) is 1.46. The maximum Gasteiger partial charge on any atom is 0.451 e. The molecule has 2 rings (SSSR count). The standard InChI is InChI=1S/C12H11F3N4O/c1-7-4-2-3-5-8(7)20-10-6-9(19-16)17-11(18-10)12(13,14)15/h2-6H,16H2,1H3,(H,17,18,19). The summed E-state index contributed by atoms with van der Waals surface area (Å²) in [6.45, 7) is 1.77. The van der Waals surface area contributed by atoms with Gasteiger partial charge in [-0.05, 0) is 18.6 Å². The summed E-state index contributed by atoms with van der Waals surface area (Å²) in [6.07, 6.45) is -4.68. The van der Waals surface area contributed by atoms with Gasteiger partial charge in [-0.3, -0.25) is 0 Å². The molecule has 106 valence electrons. The van der Waals surface area contributed by atoms with Crippen LogP contribution in [0.25, 0.3) is 0 Å². The van der Waals surface area contributed by atoms with Gasteiger partial charge in [0.15, 0.2) is 0 Å². The Hall–Kier alpha value is -2.35. The molecular formula is C12H11F3N4O. The van der Waals surface area contributed by atoms with E-state index in [1.54, 1.807) is 31.2 Å². The van der Waals surface area contributed by atoms with Gasteiger partial charge in [-0.15, -0.1) is 0 Å². The monoisotopic (exact) mass is 284 g/mol. The Morgan fingerprint density at radius 1 is 1.20 bits per heavy atom. The zero-order valence-electron chi connectivity index (χ0n) is 10.4. The first-order valence-corrected chi connectivity index (χ1v) is 5.56. The van der Waals surface area contributed by atoms with Crippen LogP contribution in [0.4, 0.5) is 19.0 Å². The van der Waals surface area contributed by atoms with Gasteiger partial charge < -0.3 is 10.2 Å². The lowest BCUT2D eigenvalue weighted by molar-refractivity contribution is -0.145. The maximum absolute atomic E-state index is 12.7. The summed E-state index contributed by atoms with van der Waals surface area (Å²) in [5.41, 5.74) is 2.81. The number of benzene rings is 1. The molecule has 0 saturated heterocycles. The van der Waals surface area contributed by atoms with Crippen molar-refractivity contribution in [3.8, 4) is 11.6 Å². The summed E-state index contributed by atoms with van der Waals surface area (Å²) in [4.78, 5) is 6.57. The van der Waals surface area contributed by atoms with Crippen molar-refractivity contribution in [1.29, 1.82) is 0 Å². The van der Waals surface area contributed by atoms with Gasteiger partial charge in [-0.25, -0.2) is 10.8 Å². The van der Waals surface area contributed by atoms with Crippen molar-refractivity contribution in [3.63, 3.8) is 0 Å². The lowest BCUT2D eigenvalue weighted by Gasteiger charge is -2.11. The molecule has 0 aliphatic heterocycles. The molecule has 0 aliphatic carbocycles. The molecule has 0 radical (unpaired) electrons. The third-order valence-electron chi connectivity index (χ3n) is 2.41. The molecule has 1 heterocycles. The number of nitrogens with one attached hydrogen (secondary N) is 1. The number of nitrogen functional groups attached to an aromatic ring is 1. The molecule has 8 heteroatoms. The SMILES string of the molecule is Cc1ccccc1Oc1cc(NN)nc(C(F)(F)F)n1. The van der Waals surface area contributed by atoms with E-state index < -0.39 is 12.0 Å². The highest BCUT2D eigenvalue weighted by molar-refractivity contribution is 5.41. The number of aryl methyl sites for hydroxylation is 1. The Morgan fingerprint density at radius 3 is 2.50 bits per heavy atom. The summed E-state index contributed by atoms with van der Waals surface area (Å²) in [5, 5.41) is 0. The average Bonchev–Trinajstić information content (AvgIpc) is 2.40. The smallest absolute Gasteiger partial charge is 0.439 e. The number of nitrogens with zero attached hydrogens (tertiary/aromatic N) is 2. The van der Waals surface area contributed by atoms with Gasteiger partial charge >= 0.3 is 6.18 Å². The van der Waals surface area contributed by atoms with E-state index in [9.17, 15) is 13.2 Å². The number of hydrazine groups is 1. The molecule has 3 N–H and O–H groups in total. The normalized spacial score (nSPS) is 11.2. The van der Waals surface area contributed by atoms with Crippen LogP contribution in [0.5, 0.6) is 11.6 Å². The minimum atomic E-state index is -4.68. The van der Waals surface area contributed by atoms with Crippen molar-refractivity contribution in [2.24, 2.45) is 5.84 Å². The van der Waals surface area contributed by atoms with Crippen molar-refractivity contribution in [3.05, 3.63) is 41.7 Å². The summed E-state index contributed by atoms with van der Waals surface area (Å²) >= 11 is 0. The Labute approximate surface area is 112 Å². The average molecular weight is 284 g/mol. The predicted molar refractivity (Wildman–Crippen MR) is 66.1 cm³/mol. The van der Waals surface area contributed by atoms with E-state index in [0.717, 1.165) is 5.56 Å². The Balaban J connectivity index is 2.39. The fourth-order valence-electron chi connectivity index (χ4n) is 1.46. The summed E-state index contributed by atoms with van der Waals surface area (Å²) in [5.74, 6) is 3.75. The molecular weight excluding hydrogens is 273 g/mol. The van der Waals surface area contributed by atoms with Crippen LogP contribution in [0.1, 0.15) is 11.4 Å². The Bertz CT molecular complexity index is 616. The highest BCUT2D eigenvalue weighted by Crippen LogP contribution is 2.30. The van der Waals surface area contributed by atoms with Gasteiger partial charge in [0.1, 0.15) is 11.6 Å². The van der Waals surface area contributed by atoms with E-state index in [4.69, 9.17) is 10.6 Å². The lowest BCUT2D eigenvalue weighted by atomic mass is 10.2. The number of para-hydroxylation sites is 1. The van der Waals surface area contributed by atoms with Gasteiger partial charge in [0, 0.05) is 6.07 Å². The van der Waals surface area contributed by atoms with Crippen molar-refractivity contribution < 1.29 is 17.9 Å². The highest BCUT2D eigenvalue weighted by atomic mass is 19.4. The quantitative estimate of drug-likeness (QED) is 0.669. The van der Waals surface area contributed by atoms with E-state index in [1.807, 2.05) is 5.43 Å². The van der Waals surface area contributed by atoms with Crippen molar-refractivity contribution in [2.45, 2.75) is 13.1 Å². The van der Waals surface area contributed by atoms with Crippen LogP contribution in [0.2, 0.25) is 0 Å². The number of hydrogen-bond donors (Lipinski definition) is 2. The number of anilines is 1. The summed E-state index contributed by atoms with van der Waals surface area (Å²) in [7, 11) is 0. The van der Waals surface area contributed by atoms with Crippen LogP contribution in [-0.4, -0.2) is 9.97 Å². The zero-order chi connectivity index (χ0) is 14.8. The Morgan fingerprint density at radius 2 is 1.90 bits per heavy atom. The maximum atomic E-state index is 12.7. The van der Waals surface area contributed by atoms with Gasteiger partial charge in [0.2, 0.25) is 11.7 Å². The number of halogens is 3. The lowest BCUT2D eigenvalue weighted by Crippen LogP contribution is -2.16. The molecule has 20 heavy (non-hydrogen) atoms. The second kappa shape index (κ2) is 5.33. The van der Waals surface area contributed by atoms with E-state index >= 15 is 0 Å². The second-order valence-corrected chi connectivity index (χ2v) is 3.92. The molecule has 5 nitrogen and oxygen atoms in total. The third kappa shape index (κ3) is 3.15. The highest BCUT2D eigenvalue weighted by Gasteiger charge is 2.35. The molecule has 0 amide bonds. The topological polar surface area (TPSA) is 73.1 Å². The Kier molecular flexibility index (Phi) is 3.75. The summed E-state index contributed by atoms with van der Waals surface area (Å²) in [6, 6.07) is 8.07. The van der Waals surface area contributed by atoms with Gasteiger partial charge in [-0.1, -0.05) is 18.2 Å². The molecule has 0 spiro atoms. The molecule has 0 unspecified atom stereocenters. The number of rotatable bonds is 3. The molecule has 0 saturated carbocycles. The first kappa shape index (κ1) is 14.1. The molecule has 1 aromatic carbocycles. The number of aromatic nitrogens is 2. The number of ether oxygens (including phenoxy) is 1. The fraction of sp³-hybridized carbons (Fsp3) is 0.167. The molecule has 0 bridgehead atoms.